The summed E-state index contributed by atoms with van der Waals surface area (Å²) < 4.78 is 15.2. The number of imidazole rings is 1. The van der Waals surface area contributed by atoms with Crippen molar-refractivity contribution < 1.29 is 14.0 Å². The average molecular weight is 392 g/mol. The highest BCUT2D eigenvalue weighted by Crippen LogP contribution is 2.23. The fraction of sp³-hybridized carbons (Fsp3) is 0.227. The molecule has 0 aliphatic carbocycles. The van der Waals surface area contributed by atoms with E-state index in [1.54, 1.807) is 10.6 Å². The molecule has 148 valence electrons. The summed E-state index contributed by atoms with van der Waals surface area (Å²) in [5.41, 5.74) is 3.01. The van der Waals surface area contributed by atoms with Crippen molar-refractivity contribution in [1.29, 1.82) is 0 Å². The third-order valence-electron chi connectivity index (χ3n) is 5.01. The van der Waals surface area contributed by atoms with Crippen molar-refractivity contribution in [3.05, 3.63) is 77.1 Å². The van der Waals surface area contributed by atoms with Crippen molar-refractivity contribution in [2.45, 2.75) is 32.7 Å². The highest BCUT2D eigenvalue weighted by molar-refractivity contribution is 6.07. The summed E-state index contributed by atoms with van der Waals surface area (Å²) in [4.78, 5) is 30.1. The summed E-state index contributed by atoms with van der Waals surface area (Å²) in [7, 11) is 0. The number of carbonyl (C=O) groups is 2. The maximum absolute atomic E-state index is 13.4. The summed E-state index contributed by atoms with van der Waals surface area (Å²) >= 11 is 0. The highest BCUT2D eigenvalue weighted by atomic mass is 19.1. The van der Waals surface area contributed by atoms with E-state index >= 15 is 0 Å². The molecule has 3 aromatic rings. The van der Waals surface area contributed by atoms with Crippen LogP contribution < -0.4 is 10.6 Å². The highest BCUT2D eigenvalue weighted by Gasteiger charge is 2.27. The van der Waals surface area contributed by atoms with Crippen LogP contribution >= 0.6 is 0 Å². The molecule has 2 N–H and O–H groups in total. The van der Waals surface area contributed by atoms with E-state index in [4.69, 9.17) is 0 Å². The molecular weight excluding hydrogens is 371 g/mol. The van der Waals surface area contributed by atoms with E-state index in [2.05, 4.69) is 15.6 Å². The van der Waals surface area contributed by atoms with Gasteiger partial charge in [-0.25, -0.2) is 9.37 Å². The van der Waals surface area contributed by atoms with Gasteiger partial charge in [0.25, 0.3) is 11.8 Å². The van der Waals surface area contributed by atoms with Crippen molar-refractivity contribution in [2.75, 3.05) is 10.6 Å². The van der Waals surface area contributed by atoms with Gasteiger partial charge in [-0.05, 0) is 56.0 Å². The zero-order chi connectivity index (χ0) is 20.4. The summed E-state index contributed by atoms with van der Waals surface area (Å²) in [6.45, 7) is 2.53. The Morgan fingerprint density at radius 2 is 1.86 bits per heavy atom. The Balaban J connectivity index is 1.64. The number of benzene rings is 2. The number of amides is 2. The van der Waals surface area contributed by atoms with Gasteiger partial charge in [-0.2, -0.15) is 0 Å². The summed E-state index contributed by atoms with van der Waals surface area (Å²) in [5.74, 6) is -1.08. The van der Waals surface area contributed by atoms with Gasteiger partial charge in [0.1, 0.15) is 5.82 Å². The number of fused-ring (bicyclic) bond motifs is 1. The molecule has 29 heavy (non-hydrogen) atoms. The molecular formula is C22H21FN4O2. The van der Waals surface area contributed by atoms with Gasteiger partial charge in [0.2, 0.25) is 0 Å². The largest absolute Gasteiger partial charge is 0.323 e. The van der Waals surface area contributed by atoms with E-state index in [0.29, 0.717) is 24.3 Å². The molecule has 7 heteroatoms. The number of aryl methyl sites for hydroxylation is 1. The fourth-order valence-corrected chi connectivity index (χ4v) is 3.55. The first-order valence-corrected chi connectivity index (χ1v) is 9.56. The van der Waals surface area contributed by atoms with Gasteiger partial charge in [-0.1, -0.05) is 24.3 Å². The number of halogens is 1. The third kappa shape index (κ3) is 3.89. The van der Waals surface area contributed by atoms with Crippen LogP contribution in [0, 0.1) is 12.7 Å². The first-order chi connectivity index (χ1) is 14.0. The number of para-hydroxylation sites is 1. The molecule has 0 spiro atoms. The van der Waals surface area contributed by atoms with Gasteiger partial charge in [-0.3, -0.25) is 9.59 Å². The fourth-order valence-electron chi connectivity index (χ4n) is 3.55. The molecule has 1 aromatic heterocycles. The van der Waals surface area contributed by atoms with Crippen LogP contribution in [0.4, 0.5) is 15.8 Å². The average Bonchev–Trinajstić information content (AvgIpc) is 3.10. The summed E-state index contributed by atoms with van der Waals surface area (Å²) in [5, 5.41) is 5.56. The zero-order valence-corrected chi connectivity index (χ0v) is 16.0. The molecule has 2 aromatic carbocycles. The van der Waals surface area contributed by atoms with Crippen LogP contribution in [-0.2, 0) is 13.0 Å². The number of nitrogens with zero attached hydrogens (tertiary/aromatic N) is 2. The molecule has 0 radical (unpaired) electrons. The normalized spacial score (nSPS) is 12.9. The first-order valence-electron chi connectivity index (χ1n) is 9.56. The van der Waals surface area contributed by atoms with Crippen LogP contribution in [-0.4, -0.2) is 21.4 Å². The molecule has 2 amide bonds. The van der Waals surface area contributed by atoms with E-state index < -0.39 is 11.7 Å². The predicted molar refractivity (Wildman–Crippen MR) is 109 cm³/mol. The number of aromatic nitrogens is 2. The van der Waals surface area contributed by atoms with E-state index in [1.807, 2.05) is 31.2 Å². The number of nitrogens with one attached hydrogen (secondary N) is 2. The maximum Gasteiger partial charge on any atom is 0.291 e. The molecule has 0 saturated carbocycles. The Morgan fingerprint density at radius 1 is 1.03 bits per heavy atom. The van der Waals surface area contributed by atoms with Crippen molar-refractivity contribution in [3.8, 4) is 0 Å². The second-order valence-corrected chi connectivity index (χ2v) is 7.07. The molecule has 2 heterocycles. The number of rotatable bonds is 4. The van der Waals surface area contributed by atoms with E-state index in [-0.39, 0.29) is 17.4 Å². The topological polar surface area (TPSA) is 76.0 Å². The number of hydrogen-bond donors (Lipinski definition) is 2. The van der Waals surface area contributed by atoms with Crippen LogP contribution in [0.5, 0.6) is 0 Å². The molecule has 0 saturated heterocycles. The standard InChI is InChI=1S/C22H21FN4O2/c1-14-7-2-3-10-17(14)25-21(28)19-18-11-4-5-12-27(18)20(26-19)22(29)24-16-9-6-8-15(23)13-16/h2-3,6-10,13H,4-5,11-12H2,1H3,(H,24,29)(H,25,28). The van der Waals surface area contributed by atoms with Crippen molar-refractivity contribution in [1.82, 2.24) is 9.55 Å². The molecule has 6 nitrogen and oxygen atoms in total. The first kappa shape index (κ1) is 18.9. The maximum atomic E-state index is 13.4. The minimum absolute atomic E-state index is 0.166. The molecule has 0 unspecified atom stereocenters. The van der Waals surface area contributed by atoms with Crippen LogP contribution in [0.15, 0.2) is 48.5 Å². The quantitative estimate of drug-likeness (QED) is 0.700. The van der Waals surface area contributed by atoms with E-state index in [9.17, 15) is 14.0 Å². The van der Waals surface area contributed by atoms with Crippen molar-refractivity contribution in [2.24, 2.45) is 0 Å². The Bertz CT molecular complexity index is 1090. The second kappa shape index (κ2) is 7.87. The smallest absolute Gasteiger partial charge is 0.291 e. The van der Waals surface area contributed by atoms with Gasteiger partial charge in [0, 0.05) is 17.9 Å². The van der Waals surface area contributed by atoms with Crippen molar-refractivity contribution in [3.63, 3.8) is 0 Å². The number of anilines is 2. The van der Waals surface area contributed by atoms with Gasteiger partial charge < -0.3 is 15.2 Å². The SMILES string of the molecule is Cc1ccccc1NC(=O)c1nc(C(=O)Nc2cccc(F)c2)n2c1CCCC2. The lowest BCUT2D eigenvalue weighted by molar-refractivity contribution is 0.101. The Kier molecular flexibility index (Phi) is 5.12. The molecule has 1 aliphatic heterocycles. The lowest BCUT2D eigenvalue weighted by atomic mass is 10.1. The number of hydrogen-bond acceptors (Lipinski definition) is 3. The minimum atomic E-state index is -0.464. The lowest BCUT2D eigenvalue weighted by Crippen LogP contribution is -2.21. The molecule has 1 aliphatic rings. The Morgan fingerprint density at radius 3 is 2.66 bits per heavy atom. The Labute approximate surface area is 167 Å². The summed E-state index contributed by atoms with van der Waals surface area (Å²) in [6, 6.07) is 13.2. The van der Waals surface area contributed by atoms with Gasteiger partial charge in [-0.15, -0.1) is 0 Å². The van der Waals surface area contributed by atoms with Gasteiger partial charge >= 0.3 is 0 Å². The monoisotopic (exact) mass is 392 g/mol. The Hall–Kier alpha value is -3.48. The second-order valence-electron chi connectivity index (χ2n) is 7.07. The predicted octanol–water partition coefficient (Wildman–Crippen LogP) is 4.17. The zero-order valence-electron chi connectivity index (χ0n) is 16.0. The lowest BCUT2D eigenvalue weighted by Gasteiger charge is -2.17. The van der Waals surface area contributed by atoms with Crippen LogP contribution in [0.2, 0.25) is 0 Å². The van der Waals surface area contributed by atoms with E-state index in [1.165, 1.54) is 18.2 Å². The molecule has 0 fully saturated rings. The minimum Gasteiger partial charge on any atom is -0.323 e. The van der Waals surface area contributed by atoms with Gasteiger partial charge in [0.15, 0.2) is 11.5 Å². The van der Waals surface area contributed by atoms with Crippen LogP contribution in [0.25, 0.3) is 0 Å². The summed E-state index contributed by atoms with van der Waals surface area (Å²) in [6.07, 6.45) is 2.51. The molecule has 0 atom stereocenters. The molecule has 4 rings (SSSR count). The third-order valence-corrected chi connectivity index (χ3v) is 5.01. The van der Waals surface area contributed by atoms with Crippen LogP contribution in [0.3, 0.4) is 0 Å². The molecule has 0 bridgehead atoms. The van der Waals surface area contributed by atoms with Crippen LogP contribution in [0.1, 0.15) is 45.2 Å². The van der Waals surface area contributed by atoms with Gasteiger partial charge in [0.05, 0.1) is 5.69 Å². The number of carbonyl (C=O) groups excluding carboxylic acids is 2. The van der Waals surface area contributed by atoms with Crippen molar-refractivity contribution >= 4 is 23.2 Å². The van der Waals surface area contributed by atoms with E-state index in [0.717, 1.165) is 24.1 Å².